The van der Waals surface area contributed by atoms with Gasteiger partial charge in [0.05, 0.1) is 21.9 Å². The molecule has 3 rings (SSSR count). The second-order valence-electron chi connectivity index (χ2n) is 6.96. The van der Waals surface area contributed by atoms with Crippen molar-refractivity contribution in [3.8, 4) is 0 Å². The molecule has 0 aliphatic carbocycles. The van der Waals surface area contributed by atoms with Crippen LogP contribution in [-0.4, -0.2) is 64.2 Å². The number of halogens is 4. The average Bonchev–Trinajstić information content (AvgIpc) is 2.92. The molecule has 0 saturated carbocycles. The maximum atomic E-state index is 12.9. The van der Waals surface area contributed by atoms with Crippen molar-refractivity contribution in [2.75, 3.05) is 31.6 Å². The SMILES string of the molecule is OCC(O)CN1CCC(Nc2cccc3c2cc(I)n3CC(F)(F)F)CC1. The number of fused-ring (bicyclic) bond motifs is 1. The molecule has 1 aromatic heterocycles. The zero-order chi connectivity index (χ0) is 19.6. The number of alkyl halides is 3. The number of rotatable bonds is 6. The normalized spacial score (nSPS) is 18.1. The van der Waals surface area contributed by atoms with E-state index in [1.165, 1.54) is 4.57 Å². The van der Waals surface area contributed by atoms with Crippen molar-refractivity contribution >= 4 is 39.2 Å². The first kappa shape index (κ1) is 20.7. The first-order chi connectivity index (χ1) is 12.8. The summed E-state index contributed by atoms with van der Waals surface area (Å²) in [5.74, 6) is 0. The third-order valence-corrected chi connectivity index (χ3v) is 5.75. The summed E-state index contributed by atoms with van der Waals surface area (Å²) in [6, 6.07) is 7.41. The second kappa shape index (κ2) is 8.54. The summed E-state index contributed by atoms with van der Waals surface area (Å²) in [5.41, 5.74) is 1.42. The van der Waals surface area contributed by atoms with Gasteiger partial charge in [0.25, 0.3) is 0 Å². The molecule has 0 amide bonds. The quantitative estimate of drug-likeness (QED) is 0.538. The van der Waals surface area contributed by atoms with E-state index in [-0.39, 0.29) is 12.6 Å². The van der Waals surface area contributed by atoms with E-state index in [1.54, 1.807) is 18.2 Å². The van der Waals surface area contributed by atoms with Gasteiger partial charge >= 0.3 is 6.18 Å². The lowest BCUT2D eigenvalue weighted by molar-refractivity contribution is -0.140. The number of aliphatic hydroxyl groups is 2. The van der Waals surface area contributed by atoms with Crippen molar-refractivity contribution in [2.24, 2.45) is 0 Å². The minimum atomic E-state index is -4.26. The summed E-state index contributed by atoms with van der Waals surface area (Å²) in [5, 5.41) is 22.8. The average molecular weight is 497 g/mol. The van der Waals surface area contributed by atoms with Crippen LogP contribution in [0.1, 0.15) is 12.8 Å². The number of anilines is 1. The fourth-order valence-corrected chi connectivity index (χ4v) is 4.30. The van der Waals surface area contributed by atoms with E-state index in [1.807, 2.05) is 28.7 Å². The topological polar surface area (TPSA) is 60.7 Å². The van der Waals surface area contributed by atoms with Gasteiger partial charge in [-0.1, -0.05) is 6.07 Å². The van der Waals surface area contributed by atoms with Crippen LogP contribution in [0.3, 0.4) is 0 Å². The van der Waals surface area contributed by atoms with Gasteiger partial charge in [0.1, 0.15) is 6.54 Å². The van der Waals surface area contributed by atoms with Gasteiger partial charge in [-0.05, 0) is 53.6 Å². The number of β-amino-alcohol motifs (C(OH)–C–C–N with tert-alkyl or cyclic N) is 1. The van der Waals surface area contributed by atoms with Crippen LogP contribution >= 0.6 is 22.6 Å². The van der Waals surface area contributed by atoms with E-state index in [0.717, 1.165) is 37.0 Å². The lowest BCUT2D eigenvalue weighted by atomic mass is 10.0. The Labute approximate surface area is 169 Å². The molecule has 2 aromatic rings. The molecule has 3 N–H and O–H groups in total. The Hall–Kier alpha value is -1.04. The number of benzene rings is 1. The Morgan fingerprint density at radius 1 is 1.26 bits per heavy atom. The Kier molecular flexibility index (Phi) is 6.54. The standard InChI is InChI=1S/C18H23F3IN3O2/c19-18(20,21)11-25-16-3-1-2-15(14(16)8-17(25)22)23-12-4-6-24(7-5-12)9-13(27)10-26/h1-3,8,12-13,23,26-27H,4-7,9-11H2. The fourth-order valence-electron chi connectivity index (χ4n) is 3.55. The lowest BCUT2D eigenvalue weighted by Gasteiger charge is -2.33. The fraction of sp³-hybridized carbons (Fsp3) is 0.556. The zero-order valence-corrected chi connectivity index (χ0v) is 16.9. The lowest BCUT2D eigenvalue weighted by Crippen LogP contribution is -2.43. The number of aromatic nitrogens is 1. The minimum Gasteiger partial charge on any atom is -0.394 e. The Morgan fingerprint density at radius 3 is 2.59 bits per heavy atom. The zero-order valence-electron chi connectivity index (χ0n) is 14.7. The molecular formula is C18H23F3IN3O2. The van der Waals surface area contributed by atoms with Crippen molar-refractivity contribution in [3.63, 3.8) is 0 Å². The van der Waals surface area contributed by atoms with Crippen molar-refractivity contribution in [2.45, 2.75) is 37.7 Å². The van der Waals surface area contributed by atoms with Crippen molar-refractivity contribution < 1.29 is 23.4 Å². The monoisotopic (exact) mass is 497 g/mol. The summed E-state index contributed by atoms with van der Waals surface area (Å²) >= 11 is 1.94. The highest BCUT2D eigenvalue weighted by Crippen LogP contribution is 2.32. The molecule has 27 heavy (non-hydrogen) atoms. The van der Waals surface area contributed by atoms with E-state index in [0.29, 0.717) is 15.8 Å². The number of aliphatic hydroxyl groups excluding tert-OH is 2. The van der Waals surface area contributed by atoms with Gasteiger partial charge in [-0.25, -0.2) is 0 Å². The van der Waals surface area contributed by atoms with Crippen molar-refractivity contribution in [1.29, 1.82) is 0 Å². The molecule has 1 fully saturated rings. The predicted molar refractivity (Wildman–Crippen MR) is 107 cm³/mol. The van der Waals surface area contributed by atoms with Crippen LogP contribution in [0.15, 0.2) is 24.3 Å². The first-order valence-electron chi connectivity index (χ1n) is 8.89. The molecule has 9 heteroatoms. The molecule has 2 heterocycles. The van der Waals surface area contributed by atoms with Gasteiger partial charge in [0, 0.05) is 36.7 Å². The number of piperidine rings is 1. The first-order valence-corrected chi connectivity index (χ1v) is 9.97. The van der Waals surface area contributed by atoms with Crippen molar-refractivity contribution in [3.05, 3.63) is 28.0 Å². The maximum absolute atomic E-state index is 12.9. The second-order valence-corrected chi connectivity index (χ2v) is 8.07. The molecule has 1 atom stereocenters. The highest BCUT2D eigenvalue weighted by molar-refractivity contribution is 14.1. The highest BCUT2D eigenvalue weighted by Gasteiger charge is 2.30. The Balaban J connectivity index is 1.70. The van der Waals surface area contributed by atoms with E-state index in [4.69, 9.17) is 5.11 Å². The van der Waals surface area contributed by atoms with Crippen LogP contribution in [0.4, 0.5) is 18.9 Å². The Morgan fingerprint density at radius 2 is 1.96 bits per heavy atom. The number of hydrogen-bond donors (Lipinski definition) is 3. The van der Waals surface area contributed by atoms with E-state index >= 15 is 0 Å². The molecule has 5 nitrogen and oxygen atoms in total. The van der Waals surface area contributed by atoms with Crippen LogP contribution in [0.25, 0.3) is 10.9 Å². The van der Waals surface area contributed by atoms with Crippen LogP contribution in [-0.2, 0) is 6.54 Å². The van der Waals surface area contributed by atoms with Gasteiger partial charge in [-0.3, -0.25) is 0 Å². The predicted octanol–water partition coefficient (Wildman–Crippen LogP) is 3.04. The number of nitrogens with zero attached hydrogens (tertiary/aromatic N) is 2. The van der Waals surface area contributed by atoms with Crippen LogP contribution in [0.5, 0.6) is 0 Å². The molecule has 150 valence electrons. The number of nitrogens with one attached hydrogen (secondary N) is 1. The third kappa shape index (κ3) is 5.27. The van der Waals surface area contributed by atoms with Crippen LogP contribution < -0.4 is 5.32 Å². The van der Waals surface area contributed by atoms with Gasteiger partial charge in [0.2, 0.25) is 0 Å². The molecule has 1 saturated heterocycles. The highest BCUT2D eigenvalue weighted by atomic mass is 127. The molecule has 1 aliphatic heterocycles. The summed E-state index contributed by atoms with van der Waals surface area (Å²) in [6.07, 6.45) is -3.25. The maximum Gasteiger partial charge on any atom is 0.406 e. The minimum absolute atomic E-state index is 0.224. The van der Waals surface area contributed by atoms with Gasteiger partial charge in [-0.2, -0.15) is 13.2 Å². The molecule has 1 unspecified atom stereocenters. The smallest absolute Gasteiger partial charge is 0.394 e. The Bertz CT molecular complexity index is 773. The number of hydrogen-bond acceptors (Lipinski definition) is 4. The van der Waals surface area contributed by atoms with Gasteiger partial charge < -0.3 is 25.0 Å². The molecule has 1 aromatic carbocycles. The van der Waals surface area contributed by atoms with Gasteiger partial charge in [0.15, 0.2) is 0 Å². The molecule has 0 spiro atoms. The third-order valence-electron chi connectivity index (χ3n) is 4.86. The summed E-state index contributed by atoms with van der Waals surface area (Å²) in [6.45, 7) is 0.823. The molecule has 0 bridgehead atoms. The van der Waals surface area contributed by atoms with Crippen LogP contribution in [0.2, 0.25) is 0 Å². The summed E-state index contributed by atoms with van der Waals surface area (Å²) in [4.78, 5) is 2.11. The van der Waals surface area contributed by atoms with E-state index in [2.05, 4.69) is 10.2 Å². The van der Waals surface area contributed by atoms with E-state index < -0.39 is 18.8 Å². The largest absolute Gasteiger partial charge is 0.406 e. The molecule has 0 radical (unpaired) electrons. The number of likely N-dealkylation sites (tertiary alicyclic amines) is 1. The molecular weight excluding hydrogens is 474 g/mol. The van der Waals surface area contributed by atoms with Gasteiger partial charge in [-0.15, -0.1) is 0 Å². The van der Waals surface area contributed by atoms with Crippen LogP contribution in [0, 0.1) is 3.70 Å². The summed E-state index contributed by atoms with van der Waals surface area (Å²) < 4.78 is 40.5. The molecule has 1 aliphatic rings. The van der Waals surface area contributed by atoms with Crippen molar-refractivity contribution in [1.82, 2.24) is 9.47 Å². The summed E-state index contributed by atoms with van der Waals surface area (Å²) in [7, 11) is 0. The van der Waals surface area contributed by atoms with E-state index in [9.17, 15) is 18.3 Å².